The van der Waals surface area contributed by atoms with Crippen molar-refractivity contribution in [2.24, 2.45) is 0 Å². The van der Waals surface area contributed by atoms with Gasteiger partial charge in [-0.25, -0.2) is 4.98 Å². The van der Waals surface area contributed by atoms with Gasteiger partial charge in [-0.05, 0) is 17.0 Å². The molecule has 0 saturated heterocycles. The molecule has 0 unspecified atom stereocenters. The minimum Gasteiger partial charge on any atom is -0.444 e. The van der Waals surface area contributed by atoms with Gasteiger partial charge in [-0.2, -0.15) is 0 Å². The highest BCUT2D eigenvalue weighted by Crippen LogP contribution is 2.23. The molecule has 0 radical (unpaired) electrons. The second-order valence-electron chi connectivity index (χ2n) is 4.69. The number of nitrogens with zero attached hydrogens (tertiary/aromatic N) is 1. The minimum absolute atomic E-state index is 0.411. The van der Waals surface area contributed by atoms with Gasteiger partial charge in [-0.3, -0.25) is 4.21 Å². The first kappa shape index (κ1) is 14.9. The first-order valence-electron chi connectivity index (χ1n) is 6.86. The van der Waals surface area contributed by atoms with E-state index in [1.807, 2.05) is 60.0 Å². The highest BCUT2D eigenvalue weighted by Gasteiger charge is 2.09. The maximum atomic E-state index is 12.1. The van der Waals surface area contributed by atoms with Crippen LogP contribution in [0.25, 0.3) is 16.8 Å². The van der Waals surface area contributed by atoms with Gasteiger partial charge in [-0.15, -0.1) is 11.3 Å². The van der Waals surface area contributed by atoms with E-state index >= 15 is 0 Å². The quantitative estimate of drug-likeness (QED) is 0.674. The monoisotopic (exact) mass is 329 g/mol. The predicted octanol–water partition coefficient (Wildman–Crippen LogP) is 4.37. The van der Waals surface area contributed by atoms with Crippen molar-refractivity contribution in [1.29, 1.82) is 0 Å². The van der Waals surface area contributed by atoms with Gasteiger partial charge in [0.15, 0.2) is 0 Å². The Bertz CT molecular complexity index is 761. The largest absolute Gasteiger partial charge is 0.444 e. The summed E-state index contributed by atoms with van der Waals surface area (Å²) >= 11 is 1.58. The summed E-state index contributed by atoms with van der Waals surface area (Å²) in [6, 6.07) is 13.9. The first-order valence-corrected chi connectivity index (χ1v) is 9.23. The highest BCUT2D eigenvalue weighted by atomic mass is 32.2. The molecule has 0 N–H and O–H groups in total. The summed E-state index contributed by atoms with van der Waals surface area (Å²) in [5, 5.41) is 1.98. The zero-order chi connectivity index (χ0) is 15.2. The molecule has 1 atom stereocenters. The zero-order valence-corrected chi connectivity index (χ0v) is 13.5. The van der Waals surface area contributed by atoms with Crippen molar-refractivity contribution >= 4 is 28.2 Å². The fourth-order valence-electron chi connectivity index (χ4n) is 1.97. The van der Waals surface area contributed by atoms with Crippen LogP contribution in [0.4, 0.5) is 0 Å². The van der Waals surface area contributed by atoms with Gasteiger partial charge in [0.05, 0.1) is 16.3 Å². The van der Waals surface area contributed by atoms with Crippen molar-refractivity contribution in [3.63, 3.8) is 0 Å². The molecule has 1 aromatic carbocycles. The summed E-state index contributed by atoms with van der Waals surface area (Å²) in [5.41, 5.74) is 1.84. The second-order valence-corrected chi connectivity index (χ2v) is 7.13. The van der Waals surface area contributed by atoms with Crippen molar-refractivity contribution in [2.75, 3.05) is 5.75 Å². The third kappa shape index (κ3) is 4.02. The summed E-state index contributed by atoms with van der Waals surface area (Å²) in [5.74, 6) is 1.52. The van der Waals surface area contributed by atoms with E-state index in [1.165, 1.54) is 0 Å². The Kier molecular flexibility index (Phi) is 4.98. The zero-order valence-electron chi connectivity index (χ0n) is 11.8. The van der Waals surface area contributed by atoms with Gasteiger partial charge in [0, 0.05) is 16.6 Å². The summed E-state index contributed by atoms with van der Waals surface area (Å²) in [6.07, 6.45) is 5.51. The lowest BCUT2D eigenvalue weighted by Gasteiger charge is -1.95. The molecule has 0 bridgehead atoms. The van der Waals surface area contributed by atoms with Crippen molar-refractivity contribution in [3.05, 3.63) is 71.4 Å². The summed E-state index contributed by atoms with van der Waals surface area (Å²) in [7, 11) is -0.984. The van der Waals surface area contributed by atoms with E-state index in [9.17, 15) is 4.21 Å². The Morgan fingerprint density at radius 2 is 2.05 bits per heavy atom. The van der Waals surface area contributed by atoms with E-state index < -0.39 is 10.8 Å². The van der Waals surface area contributed by atoms with E-state index in [-0.39, 0.29) is 0 Å². The normalized spacial score (nSPS) is 12.7. The summed E-state index contributed by atoms with van der Waals surface area (Å²) in [6.45, 7) is 0. The molecule has 3 nitrogen and oxygen atoms in total. The van der Waals surface area contributed by atoms with Gasteiger partial charge in [0.1, 0.15) is 6.26 Å². The van der Waals surface area contributed by atoms with Gasteiger partial charge in [0.2, 0.25) is 5.89 Å². The van der Waals surface area contributed by atoms with Crippen LogP contribution < -0.4 is 0 Å². The molecule has 0 amide bonds. The molecule has 0 saturated carbocycles. The highest BCUT2D eigenvalue weighted by molar-refractivity contribution is 7.84. The topological polar surface area (TPSA) is 43.1 Å². The number of hydrogen-bond donors (Lipinski definition) is 0. The Balaban J connectivity index is 1.55. The van der Waals surface area contributed by atoms with Crippen molar-refractivity contribution < 1.29 is 8.63 Å². The molecular formula is C17H15NO2S2. The Morgan fingerprint density at radius 1 is 1.18 bits per heavy atom. The smallest absolute Gasteiger partial charge is 0.236 e. The SMILES string of the molecule is O=[S@](C/C=C\c1ccccc1)Cc1coc(-c2cccs2)n1. The van der Waals surface area contributed by atoms with E-state index in [0.29, 0.717) is 17.4 Å². The first-order chi connectivity index (χ1) is 10.8. The van der Waals surface area contributed by atoms with Crippen molar-refractivity contribution in [1.82, 2.24) is 4.98 Å². The standard InChI is InChI=1S/C17H15NO2S2/c19-22(11-5-8-14-6-2-1-3-7-14)13-15-12-20-17(18-15)16-9-4-10-21-16/h1-10,12H,11,13H2/b8-5-/t22-/m1/s1. The lowest BCUT2D eigenvalue weighted by Crippen LogP contribution is -1.98. The Hall–Kier alpha value is -1.98. The molecule has 3 rings (SSSR count). The molecular weight excluding hydrogens is 314 g/mol. The van der Waals surface area contributed by atoms with Crippen LogP contribution in [0.1, 0.15) is 11.3 Å². The van der Waals surface area contributed by atoms with Crippen LogP contribution >= 0.6 is 11.3 Å². The molecule has 2 heterocycles. The van der Waals surface area contributed by atoms with Gasteiger partial charge in [0.25, 0.3) is 0 Å². The number of thiophene rings is 1. The number of rotatable bonds is 6. The van der Waals surface area contributed by atoms with Gasteiger partial charge < -0.3 is 4.42 Å². The number of hydrogen-bond acceptors (Lipinski definition) is 4. The van der Waals surface area contributed by atoms with Gasteiger partial charge >= 0.3 is 0 Å². The lowest BCUT2D eigenvalue weighted by molar-refractivity contribution is 0.574. The summed E-state index contributed by atoms with van der Waals surface area (Å²) < 4.78 is 17.5. The molecule has 0 aliphatic heterocycles. The Labute approximate surface area is 135 Å². The molecule has 112 valence electrons. The van der Waals surface area contributed by atoms with Crippen LogP contribution in [-0.2, 0) is 16.6 Å². The van der Waals surface area contributed by atoms with Gasteiger partial charge in [-0.1, -0.05) is 48.6 Å². The molecule has 0 fully saturated rings. The third-order valence-corrected chi connectivity index (χ3v) is 5.02. The number of benzene rings is 1. The average molecular weight is 329 g/mol. The van der Waals surface area contributed by atoms with Crippen LogP contribution in [0.15, 0.2) is 64.6 Å². The molecule has 0 spiro atoms. The molecule has 22 heavy (non-hydrogen) atoms. The van der Waals surface area contributed by atoms with Crippen LogP contribution in [-0.4, -0.2) is 14.9 Å². The third-order valence-electron chi connectivity index (χ3n) is 2.98. The minimum atomic E-state index is -0.984. The maximum Gasteiger partial charge on any atom is 0.236 e. The summed E-state index contributed by atoms with van der Waals surface area (Å²) in [4.78, 5) is 5.37. The number of aromatic nitrogens is 1. The molecule has 5 heteroatoms. The van der Waals surface area contributed by atoms with E-state index in [0.717, 1.165) is 16.1 Å². The lowest BCUT2D eigenvalue weighted by atomic mass is 10.2. The molecule has 2 aromatic heterocycles. The van der Waals surface area contributed by atoms with Crippen LogP contribution in [0.2, 0.25) is 0 Å². The molecule has 0 aliphatic rings. The molecule has 0 aliphatic carbocycles. The maximum absolute atomic E-state index is 12.1. The fraction of sp³-hybridized carbons (Fsp3) is 0.118. The predicted molar refractivity (Wildman–Crippen MR) is 92.0 cm³/mol. The molecule has 3 aromatic rings. The van der Waals surface area contributed by atoms with E-state index in [1.54, 1.807) is 17.6 Å². The van der Waals surface area contributed by atoms with Crippen LogP contribution in [0.3, 0.4) is 0 Å². The Morgan fingerprint density at radius 3 is 2.82 bits per heavy atom. The van der Waals surface area contributed by atoms with Crippen LogP contribution in [0.5, 0.6) is 0 Å². The fourth-order valence-corrected chi connectivity index (χ4v) is 3.51. The van der Waals surface area contributed by atoms with Crippen molar-refractivity contribution in [3.8, 4) is 10.8 Å². The van der Waals surface area contributed by atoms with E-state index in [4.69, 9.17) is 4.42 Å². The van der Waals surface area contributed by atoms with Crippen LogP contribution in [0, 0.1) is 0 Å². The van der Waals surface area contributed by atoms with Crippen molar-refractivity contribution in [2.45, 2.75) is 5.75 Å². The number of oxazole rings is 1. The average Bonchev–Trinajstić information content (AvgIpc) is 3.19. The second kappa shape index (κ2) is 7.33. The van der Waals surface area contributed by atoms with E-state index in [2.05, 4.69) is 4.98 Å².